The van der Waals surface area contributed by atoms with E-state index in [1.54, 1.807) is 0 Å². The highest BCUT2D eigenvalue weighted by atomic mass is 79.9. The first-order valence-electron chi connectivity index (χ1n) is 8.31. The number of fused-ring (bicyclic) bond motifs is 1. The van der Waals surface area contributed by atoms with Crippen LogP contribution in [0.2, 0.25) is 0 Å². The van der Waals surface area contributed by atoms with Gasteiger partial charge in [0.1, 0.15) is 0 Å². The number of rotatable bonds is 3. The molecule has 24 heavy (non-hydrogen) atoms. The van der Waals surface area contributed by atoms with Gasteiger partial charge in [0.2, 0.25) is 0 Å². The van der Waals surface area contributed by atoms with Gasteiger partial charge in [0.05, 0.1) is 5.41 Å². The van der Waals surface area contributed by atoms with Gasteiger partial charge in [-0.25, -0.2) is 0 Å². The van der Waals surface area contributed by atoms with E-state index in [-0.39, 0.29) is 5.41 Å². The van der Waals surface area contributed by atoms with Gasteiger partial charge in [-0.15, -0.1) is 0 Å². The zero-order valence-corrected chi connectivity index (χ0v) is 15.2. The molecule has 1 aliphatic carbocycles. The smallest absolute Gasteiger partial charge is 0.0644 e. The van der Waals surface area contributed by atoms with E-state index in [2.05, 4.69) is 114 Å². The molecule has 118 valence electrons. The van der Waals surface area contributed by atoms with Crippen molar-refractivity contribution in [3.8, 4) is 0 Å². The van der Waals surface area contributed by atoms with E-state index in [9.17, 15) is 0 Å². The Labute approximate surface area is 152 Å². The summed E-state index contributed by atoms with van der Waals surface area (Å²) in [6, 6.07) is 30.4. The molecule has 1 aliphatic rings. The van der Waals surface area contributed by atoms with Crippen LogP contribution in [-0.4, -0.2) is 4.83 Å². The van der Waals surface area contributed by atoms with E-state index in [4.69, 9.17) is 0 Å². The molecule has 0 heterocycles. The van der Waals surface area contributed by atoms with Crippen molar-refractivity contribution in [1.29, 1.82) is 0 Å². The number of hydrogen-bond acceptors (Lipinski definition) is 0. The summed E-state index contributed by atoms with van der Waals surface area (Å²) in [5, 5.41) is 0. The van der Waals surface area contributed by atoms with Gasteiger partial charge in [-0.1, -0.05) is 107 Å². The number of hydrogen-bond donors (Lipinski definition) is 0. The van der Waals surface area contributed by atoms with Crippen molar-refractivity contribution >= 4 is 21.5 Å². The van der Waals surface area contributed by atoms with Gasteiger partial charge in [-0.05, 0) is 34.8 Å². The number of benzene rings is 3. The molecule has 0 saturated heterocycles. The molecule has 4 rings (SSSR count). The molecule has 0 fully saturated rings. The predicted octanol–water partition coefficient (Wildman–Crippen LogP) is 6.20. The summed E-state index contributed by atoms with van der Waals surface area (Å²) in [4.78, 5) is 0.313. The molecule has 3 aromatic carbocycles. The number of allylic oxidation sites excluding steroid dienone is 2. The Morgan fingerprint density at radius 3 is 1.75 bits per heavy atom. The summed E-state index contributed by atoms with van der Waals surface area (Å²) >= 11 is 3.80. The fourth-order valence-corrected chi connectivity index (χ4v) is 4.22. The van der Waals surface area contributed by atoms with Crippen molar-refractivity contribution in [2.24, 2.45) is 0 Å². The topological polar surface area (TPSA) is 0 Å². The molecular formula is C23H19Br. The van der Waals surface area contributed by atoms with Gasteiger partial charge in [0.15, 0.2) is 0 Å². The molecule has 0 nitrogen and oxygen atoms in total. The first-order valence-corrected chi connectivity index (χ1v) is 9.23. The highest BCUT2D eigenvalue weighted by Crippen LogP contribution is 2.50. The molecule has 0 bridgehead atoms. The normalized spacial score (nSPS) is 16.3. The number of halogens is 1. The van der Waals surface area contributed by atoms with Crippen LogP contribution in [0.4, 0.5) is 0 Å². The molecule has 0 radical (unpaired) electrons. The van der Waals surface area contributed by atoms with E-state index in [1.807, 2.05) is 0 Å². The van der Waals surface area contributed by atoms with Crippen LogP contribution >= 0.6 is 15.9 Å². The summed E-state index contributed by atoms with van der Waals surface area (Å²) in [6.45, 7) is 2.20. The summed E-state index contributed by atoms with van der Waals surface area (Å²) in [5.74, 6) is 0. The van der Waals surface area contributed by atoms with E-state index in [0.29, 0.717) is 4.83 Å². The highest BCUT2D eigenvalue weighted by molar-refractivity contribution is 9.09. The lowest BCUT2D eigenvalue weighted by molar-refractivity contribution is 0.794. The zero-order chi connectivity index (χ0) is 16.6. The minimum absolute atomic E-state index is 0.226. The molecule has 0 amide bonds. The van der Waals surface area contributed by atoms with Crippen LogP contribution in [-0.2, 0) is 5.41 Å². The minimum atomic E-state index is -0.226. The Kier molecular flexibility index (Phi) is 3.90. The molecule has 0 aliphatic heterocycles. The van der Waals surface area contributed by atoms with Gasteiger partial charge in [0, 0.05) is 4.83 Å². The number of alkyl halides is 1. The van der Waals surface area contributed by atoms with E-state index >= 15 is 0 Å². The monoisotopic (exact) mass is 374 g/mol. The molecule has 3 aromatic rings. The third kappa shape index (κ3) is 2.27. The van der Waals surface area contributed by atoms with Gasteiger partial charge in [-0.3, -0.25) is 0 Å². The minimum Gasteiger partial charge on any atom is -0.0842 e. The summed E-state index contributed by atoms with van der Waals surface area (Å²) in [5.41, 5.74) is 6.46. The molecule has 0 N–H and O–H groups in total. The SMILES string of the molecule is C[C@@H](Br)C1=CC(c2ccccc2)(c2ccccc2)c2ccccc21. The van der Waals surface area contributed by atoms with Crippen molar-refractivity contribution in [1.82, 2.24) is 0 Å². The van der Waals surface area contributed by atoms with Crippen molar-refractivity contribution in [3.63, 3.8) is 0 Å². The van der Waals surface area contributed by atoms with E-state index < -0.39 is 0 Å². The average molecular weight is 375 g/mol. The summed E-state index contributed by atoms with van der Waals surface area (Å²) < 4.78 is 0. The molecular weight excluding hydrogens is 356 g/mol. The van der Waals surface area contributed by atoms with Crippen LogP contribution < -0.4 is 0 Å². The van der Waals surface area contributed by atoms with Crippen molar-refractivity contribution in [3.05, 3.63) is 113 Å². The van der Waals surface area contributed by atoms with Crippen LogP contribution in [0.3, 0.4) is 0 Å². The Bertz CT molecular complexity index is 837. The molecule has 0 unspecified atom stereocenters. The summed E-state index contributed by atoms with van der Waals surface area (Å²) in [7, 11) is 0. The lowest BCUT2D eigenvalue weighted by Gasteiger charge is -2.30. The van der Waals surface area contributed by atoms with Crippen LogP contribution in [0.25, 0.3) is 5.57 Å². The lowest BCUT2D eigenvalue weighted by atomic mass is 9.71. The van der Waals surface area contributed by atoms with Gasteiger partial charge in [0.25, 0.3) is 0 Å². The van der Waals surface area contributed by atoms with Crippen molar-refractivity contribution in [2.45, 2.75) is 17.2 Å². The molecule has 0 spiro atoms. The largest absolute Gasteiger partial charge is 0.0842 e. The summed E-state index contributed by atoms with van der Waals surface area (Å²) in [6.07, 6.45) is 2.45. The predicted molar refractivity (Wildman–Crippen MR) is 106 cm³/mol. The van der Waals surface area contributed by atoms with Gasteiger partial charge < -0.3 is 0 Å². The van der Waals surface area contributed by atoms with E-state index in [0.717, 1.165) is 0 Å². The second-order valence-electron chi connectivity index (χ2n) is 6.30. The Morgan fingerprint density at radius 1 is 0.708 bits per heavy atom. The zero-order valence-electron chi connectivity index (χ0n) is 13.6. The second-order valence-corrected chi connectivity index (χ2v) is 7.67. The first-order chi connectivity index (χ1) is 11.7. The fraction of sp³-hybridized carbons (Fsp3) is 0.130. The quantitative estimate of drug-likeness (QED) is 0.478. The maximum atomic E-state index is 3.80. The lowest BCUT2D eigenvalue weighted by Crippen LogP contribution is -2.25. The van der Waals surface area contributed by atoms with Gasteiger partial charge >= 0.3 is 0 Å². The van der Waals surface area contributed by atoms with Crippen LogP contribution in [0.5, 0.6) is 0 Å². The van der Waals surface area contributed by atoms with Crippen LogP contribution in [0.1, 0.15) is 29.2 Å². The Morgan fingerprint density at radius 2 is 1.21 bits per heavy atom. The highest BCUT2D eigenvalue weighted by Gasteiger charge is 2.41. The maximum Gasteiger partial charge on any atom is 0.0644 e. The van der Waals surface area contributed by atoms with Crippen molar-refractivity contribution < 1.29 is 0 Å². The first kappa shape index (κ1) is 15.4. The molecule has 1 heteroatoms. The average Bonchev–Trinajstić information content (AvgIpc) is 3.00. The van der Waals surface area contributed by atoms with Gasteiger partial charge in [-0.2, -0.15) is 0 Å². The fourth-order valence-electron chi connectivity index (χ4n) is 3.84. The molecule has 1 atom stereocenters. The third-order valence-electron chi connectivity index (χ3n) is 4.92. The van der Waals surface area contributed by atoms with E-state index in [1.165, 1.54) is 27.8 Å². The second kappa shape index (κ2) is 6.07. The molecule has 0 saturated carbocycles. The molecule has 0 aromatic heterocycles. The van der Waals surface area contributed by atoms with Crippen molar-refractivity contribution in [2.75, 3.05) is 0 Å². The van der Waals surface area contributed by atoms with Crippen LogP contribution in [0.15, 0.2) is 91.0 Å². The third-order valence-corrected chi connectivity index (χ3v) is 5.41. The standard InChI is InChI=1S/C23H19Br/c1-17(24)21-16-23(18-10-4-2-5-11-18,19-12-6-3-7-13-19)22-15-9-8-14-20(21)22/h2-17H,1H3/t17-/m1/s1. The Hall–Kier alpha value is -2.12. The maximum absolute atomic E-state index is 3.80. The Balaban J connectivity index is 2.09. The van der Waals surface area contributed by atoms with Crippen LogP contribution in [0, 0.1) is 0 Å².